The van der Waals surface area contributed by atoms with Gasteiger partial charge in [0.05, 0.1) is 44.0 Å². The smallest absolute Gasteiger partial charge is 0.143 e. The van der Waals surface area contributed by atoms with Crippen molar-refractivity contribution < 1.29 is 24.1 Å². The largest absolute Gasteiger partial charge is 0.497 e. The van der Waals surface area contributed by atoms with Gasteiger partial charge in [0.2, 0.25) is 0 Å². The zero-order valence-corrected chi connectivity index (χ0v) is 26.8. The first-order chi connectivity index (χ1) is 23.5. The summed E-state index contributed by atoms with van der Waals surface area (Å²) in [5.74, 6) is 1.49. The van der Waals surface area contributed by atoms with Gasteiger partial charge in [-0.2, -0.15) is 5.26 Å². The maximum atomic E-state index is 11.5. The number of methoxy groups -OCH3 is 2. The Morgan fingerprint density at radius 2 is 1.40 bits per heavy atom. The first-order valence-corrected chi connectivity index (χ1v) is 16.0. The second kappa shape index (κ2) is 13.4. The molecule has 1 aliphatic rings. The van der Waals surface area contributed by atoms with E-state index in [4.69, 9.17) is 24.2 Å². The fraction of sp³-hybridized carbons (Fsp3) is 0.195. The van der Waals surface area contributed by atoms with E-state index in [0.717, 1.165) is 55.6 Å². The number of aromatic nitrogens is 1. The summed E-state index contributed by atoms with van der Waals surface area (Å²) in [6.07, 6.45) is 1.92. The monoisotopic (exact) mass is 636 g/mol. The van der Waals surface area contributed by atoms with E-state index in [0.29, 0.717) is 6.42 Å². The Morgan fingerprint density at radius 1 is 0.792 bits per heavy atom. The summed E-state index contributed by atoms with van der Waals surface area (Å²) in [6.45, 7) is 0.130. The number of aliphatic hydroxyl groups excluding tert-OH is 1. The molecule has 1 saturated heterocycles. The van der Waals surface area contributed by atoms with E-state index in [-0.39, 0.29) is 6.61 Å². The number of allylic oxidation sites excluding steroid dienone is 1. The summed E-state index contributed by atoms with van der Waals surface area (Å²) >= 11 is 0. The van der Waals surface area contributed by atoms with Crippen LogP contribution in [0.15, 0.2) is 127 Å². The van der Waals surface area contributed by atoms with Crippen molar-refractivity contribution in [3.05, 3.63) is 150 Å². The minimum atomic E-state index is -1.03. The molecule has 240 valence electrons. The average Bonchev–Trinajstić information content (AvgIpc) is 3.68. The van der Waals surface area contributed by atoms with Gasteiger partial charge < -0.3 is 28.6 Å². The van der Waals surface area contributed by atoms with E-state index in [9.17, 15) is 5.11 Å². The Kier molecular flexibility index (Phi) is 8.70. The van der Waals surface area contributed by atoms with Gasteiger partial charge >= 0.3 is 0 Å². The molecule has 7 rings (SSSR count). The molecule has 1 fully saturated rings. The number of benzene rings is 5. The molecule has 0 bridgehead atoms. The molecule has 1 N–H and O–H groups in total. The van der Waals surface area contributed by atoms with Crippen LogP contribution < -0.4 is 9.47 Å². The molecule has 0 saturated carbocycles. The number of aliphatic hydroxyl groups is 1. The summed E-state index contributed by atoms with van der Waals surface area (Å²) in [4.78, 5) is 0. The number of nitriles is 1. The van der Waals surface area contributed by atoms with Crippen LogP contribution in [-0.2, 0) is 15.1 Å². The zero-order valence-electron chi connectivity index (χ0n) is 26.8. The number of hydrogen-bond acceptors (Lipinski definition) is 6. The topological polar surface area (TPSA) is 85.9 Å². The number of nitrogens with zero attached hydrogens (tertiary/aromatic N) is 2. The van der Waals surface area contributed by atoms with Crippen molar-refractivity contribution in [2.24, 2.45) is 0 Å². The highest BCUT2D eigenvalue weighted by Crippen LogP contribution is 2.44. The lowest BCUT2D eigenvalue weighted by Gasteiger charge is -2.37. The van der Waals surface area contributed by atoms with E-state index >= 15 is 0 Å². The lowest BCUT2D eigenvalue weighted by atomic mass is 9.80. The molecule has 2 heterocycles. The normalized spacial score (nSPS) is 18.0. The fourth-order valence-corrected chi connectivity index (χ4v) is 6.87. The van der Waals surface area contributed by atoms with E-state index in [2.05, 4.69) is 47.0 Å². The molecule has 7 heteroatoms. The van der Waals surface area contributed by atoms with Crippen molar-refractivity contribution in [3.63, 3.8) is 0 Å². The minimum Gasteiger partial charge on any atom is -0.497 e. The molecular formula is C41H36N2O5. The highest BCUT2D eigenvalue weighted by molar-refractivity contribution is 6.08. The van der Waals surface area contributed by atoms with Gasteiger partial charge in [-0.05, 0) is 70.8 Å². The predicted octanol–water partition coefficient (Wildman–Crippen LogP) is 8.01. The molecule has 1 aromatic heterocycles. The van der Waals surface area contributed by atoms with Crippen LogP contribution in [0, 0.1) is 11.3 Å². The standard InChI is InChI=1S/C41H36N2O5/c1-45-32-19-15-30(16-20-32)41(29-10-4-3-5-11-29,31-17-21-33(46-2)22-18-31)47-27-39-38(44)26-40(48-39)43-36-13-7-6-12-34(36)35-25-28(9-8-24-42)14-23-37(35)43/h3-23,25,38-40,44H,26-27H2,1-2H3/b9-8+/t38-,39+,40+/m0/s1. The van der Waals surface area contributed by atoms with Gasteiger partial charge in [0.25, 0.3) is 0 Å². The maximum Gasteiger partial charge on any atom is 0.143 e. The molecule has 0 aliphatic carbocycles. The zero-order chi connectivity index (χ0) is 33.1. The SMILES string of the molecule is COc1ccc(C(OC[C@H]2O[C@@H](n3c4ccccc4c4cc(/C=C/C#N)ccc43)C[C@@H]2O)(c2ccccc2)c2ccc(OC)cc2)cc1. The summed E-state index contributed by atoms with van der Waals surface area (Å²) in [7, 11) is 3.30. The summed E-state index contributed by atoms with van der Waals surface area (Å²) in [5, 5.41) is 22.7. The quantitative estimate of drug-likeness (QED) is 0.121. The summed E-state index contributed by atoms with van der Waals surface area (Å²) in [5.41, 5.74) is 4.69. The Labute approximate surface area is 279 Å². The number of para-hydroxylation sites is 1. The highest BCUT2D eigenvalue weighted by Gasteiger charge is 2.42. The Balaban J connectivity index is 1.26. The first kappa shape index (κ1) is 31.2. The van der Waals surface area contributed by atoms with E-state index in [1.807, 2.05) is 84.9 Å². The Morgan fingerprint density at radius 3 is 2.04 bits per heavy atom. The van der Waals surface area contributed by atoms with Crippen LogP contribution in [0.2, 0.25) is 0 Å². The maximum absolute atomic E-state index is 11.5. The molecule has 0 unspecified atom stereocenters. The molecule has 7 nitrogen and oxygen atoms in total. The molecular weight excluding hydrogens is 600 g/mol. The molecule has 1 aliphatic heterocycles. The van der Waals surface area contributed by atoms with Crippen molar-refractivity contribution in [2.45, 2.75) is 30.5 Å². The van der Waals surface area contributed by atoms with Crippen LogP contribution in [-0.4, -0.2) is 42.7 Å². The van der Waals surface area contributed by atoms with Gasteiger partial charge in [0.15, 0.2) is 0 Å². The third kappa shape index (κ3) is 5.61. The molecule has 0 spiro atoms. The number of ether oxygens (including phenoxy) is 4. The third-order valence-corrected chi connectivity index (χ3v) is 9.21. The number of hydrogen-bond donors (Lipinski definition) is 1. The van der Waals surface area contributed by atoms with Crippen LogP contribution >= 0.6 is 0 Å². The lowest BCUT2D eigenvalue weighted by Crippen LogP contribution is -2.38. The second-order valence-electron chi connectivity index (χ2n) is 11.9. The highest BCUT2D eigenvalue weighted by atomic mass is 16.6. The van der Waals surface area contributed by atoms with Gasteiger partial charge in [-0.25, -0.2) is 0 Å². The van der Waals surface area contributed by atoms with Crippen molar-refractivity contribution >= 4 is 27.9 Å². The number of rotatable bonds is 10. The molecule has 3 atom stereocenters. The molecule has 48 heavy (non-hydrogen) atoms. The van der Waals surface area contributed by atoms with Crippen molar-refractivity contribution in [3.8, 4) is 17.6 Å². The van der Waals surface area contributed by atoms with Crippen molar-refractivity contribution in [1.82, 2.24) is 4.57 Å². The van der Waals surface area contributed by atoms with Crippen LogP contribution in [0.25, 0.3) is 27.9 Å². The van der Waals surface area contributed by atoms with Crippen LogP contribution in [0.5, 0.6) is 11.5 Å². The molecule has 0 radical (unpaired) electrons. The van der Waals surface area contributed by atoms with Crippen LogP contribution in [0.1, 0.15) is 34.9 Å². The first-order valence-electron chi connectivity index (χ1n) is 16.0. The second-order valence-corrected chi connectivity index (χ2v) is 11.9. The average molecular weight is 637 g/mol. The van der Waals surface area contributed by atoms with Gasteiger partial charge in [-0.15, -0.1) is 0 Å². The Bertz CT molecular complexity index is 2050. The summed E-state index contributed by atoms with van der Waals surface area (Å²) < 4.78 is 26.9. The van der Waals surface area contributed by atoms with Gasteiger partial charge in [0, 0.05) is 23.3 Å². The van der Waals surface area contributed by atoms with Crippen molar-refractivity contribution in [2.75, 3.05) is 20.8 Å². The van der Waals surface area contributed by atoms with Gasteiger partial charge in [-0.3, -0.25) is 0 Å². The Hall–Kier alpha value is -5.39. The molecule has 5 aromatic carbocycles. The lowest BCUT2D eigenvalue weighted by molar-refractivity contribution is -0.0923. The van der Waals surface area contributed by atoms with E-state index in [1.54, 1.807) is 20.3 Å². The predicted molar refractivity (Wildman–Crippen MR) is 187 cm³/mol. The molecule has 6 aromatic rings. The van der Waals surface area contributed by atoms with Crippen LogP contribution in [0.3, 0.4) is 0 Å². The van der Waals surface area contributed by atoms with Gasteiger partial charge in [-0.1, -0.05) is 78.9 Å². The third-order valence-electron chi connectivity index (χ3n) is 9.21. The summed E-state index contributed by atoms with van der Waals surface area (Å²) in [6, 6.07) is 42.3. The minimum absolute atomic E-state index is 0.130. The fourth-order valence-electron chi connectivity index (χ4n) is 6.87. The van der Waals surface area contributed by atoms with E-state index in [1.165, 1.54) is 6.08 Å². The van der Waals surface area contributed by atoms with E-state index < -0.39 is 24.0 Å². The molecule has 0 amide bonds. The van der Waals surface area contributed by atoms with Gasteiger partial charge in [0.1, 0.15) is 29.4 Å². The van der Waals surface area contributed by atoms with Crippen LogP contribution in [0.4, 0.5) is 0 Å². The van der Waals surface area contributed by atoms with Crippen molar-refractivity contribution in [1.29, 1.82) is 5.26 Å². The number of fused-ring (bicyclic) bond motifs is 3.